The molecule has 1 unspecified atom stereocenters. The van der Waals surface area contributed by atoms with Gasteiger partial charge in [0, 0.05) is 16.6 Å². The third kappa shape index (κ3) is 4.50. The Morgan fingerprint density at radius 1 is 1.17 bits per heavy atom. The average molecular weight is 331 g/mol. The van der Waals surface area contributed by atoms with Crippen molar-refractivity contribution in [3.63, 3.8) is 0 Å². The number of methoxy groups -OCH3 is 1. The molecule has 0 aliphatic rings. The topological polar surface area (TPSA) is 75.6 Å². The van der Waals surface area contributed by atoms with Crippen molar-refractivity contribution in [3.8, 4) is 5.75 Å². The molecule has 1 atom stereocenters. The fourth-order valence-electron chi connectivity index (χ4n) is 1.93. The second kappa shape index (κ2) is 7.69. The highest BCUT2D eigenvalue weighted by molar-refractivity contribution is 8.00. The highest BCUT2D eigenvalue weighted by Crippen LogP contribution is 2.28. The molecule has 0 radical (unpaired) electrons. The lowest BCUT2D eigenvalue weighted by Gasteiger charge is -2.13. The number of carboxylic acids is 1. The smallest absolute Gasteiger partial charge is 0.336 e. The molecular weight excluding hydrogens is 314 g/mol. The van der Waals surface area contributed by atoms with Gasteiger partial charge in [0.05, 0.1) is 17.9 Å². The van der Waals surface area contributed by atoms with E-state index in [1.54, 1.807) is 56.5 Å². The van der Waals surface area contributed by atoms with E-state index in [0.29, 0.717) is 16.3 Å². The predicted molar refractivity (Wildman–Crippen MR) is 90.3 cm³/mol. The summed E-state index contributed by atoms with van der Waals surface area (Å²) < 4.78 is 5.11. The Labute approximate surface area is 138 Å². The number of ether oxygens (including phenoxy) is 1. The summed E-state index contributed by atoms with van der Waals surface area (Å²) in [5.41, 5.74) is 0.826. The highest BCUT2D eigenvalue weighted by atomic mass is 32.2. The summed E-state index contributed by atoms with van der Waals surface area (Å²) in [6.45, 7) is 1.73. The molecule has 2 aromatic carbocycles. The van der Waals surface area contributed by atoms with E-state index in [9.17, 15) is 14.7 Å². The summed E-state index contributed by atoms with van der Waals surface area (Å²) in [5, 5.41) is 11.5. The van der Waals surface area contributed by atoms with Gasteiger partial charge >= 0.3 is 5.97 Å². The van der Waals surface area contributed by atoms with Crippen LogP contribution in [0.25, 0.3) is 0 Å². The van der Waals surface area contributed by atoms with Gasteiger partial charge in [-0.2, -0.15) is 0 Å². The van der Waals surface area contributed by atoms with E-state index < -0.39 is 11.2 Å². The van der Waals surface area contributed by atoms with Crippen LogP contribution in [-0.2, 0) is 4.79 Å². The number of carboxylic acid groups (broad SMARTS) is 1. The Kier molecular flexibility index (Phi) is 5.65. The number of aromatic carboxylic acids is 1. The van der Waals surface area contributed by atoms with Gasteiger partial charge in [0.2, 0.25) is 5.91 Å². The van der Waals surface area contributed by atoms with Crippen molar-refractivity contribution in [1.29, 1.82) is 0 Å². The molecule has 0 fully saturated rings. The molecule has 0 aliphatic carbocycles. The molecule has 0 aromatic heterocycles. The number of benzene rings is 2. The molecule has 0 saturated heterocycles. The van der Waals surface area contributed by atoms with Crippen LogP contribution >= 0.6 is 11.8 Å². The highest BCUT2D eigenvalue weighted by Gasteiger charge is 2.18. The third-order valence-electron chi connectivity index (χ3n) is 3.13. The molecule has 23 heavy (non-hydrogen) atoms. The lowest BCUT2D eigenvalue weighted by atomic mass is 10.2. The van der Waals surface area contributed by atoms with E-state index in [0.717, 1.165) is 0 Å². The van der Waals surface area contributed by atoms with Crippen molar-refractivity contribution in [1.82, 2.24) is 0 Å². The van der Waals surface area contributed by atoms with Crippen LogP contribution in [0.3, 0.4) is 0 Å². The molecule has 0 spiro atoms. The van der Waals surface area contributed by atoms with Crippen LogP contribution in [0.1, 0.15) is 17.3 Å². The maximum atomic E-state index is 12.3. The minimum absolute atomic E-state index is 0.193. The Morgan fingerprint density at radius 3 is 2.61 bits per heavy atom. The fraction of sp³-hybridized carbons (Fsp3) is 0.176. The number of hydrogen-bond acceptors (Lipinski definition) is 4. The molecular formula is C17H17NO4S. The number of thioether (sulfide) groups is 1. The number of carbonyl (C=O) groups is 2. The van der Waals surface area contributed by atoms with E-state index in [1.165, 1.54) is 17.8 Å². The van der Waals surface area contributed by atoms with Crippen molar-refractivity contribution in [2.24, 2.45) is 0 Å². The van der Waals surface area contributed by atoms with Gasteiger partial charge in [0.15, 0.2) is 0 Å². The first-order chi connectivity index (χ1) is 11.0. The minimum Gasteiger partial charge on any atom is -0.497 e. The van der Waals surface area contributed by atoms with Crippen molar-refractivity contribution < 1.29 is 19.4 Å². The number of rotatable bonds is 6. The van der Waals surface area contributed by atoms with Crippen LogP contribution in [0.2, 0.25) is 0 Å². The third-order valence-corrected chi connectivity index (χ3v) is 4.31. The summed E-state index contributed by atoms with van der Waals surface area (Å²) in [5.74, 6) is -0.559. The zero-order chi connectivity index (χ0) is 16.8. The Balaban J connectivity index is 2.07. The van der Waals surface area contributed by atoms with E-state index in [4.69, 9.17) is 4.74 Å². The van der Waals surface area contributed by atoms with Crippen molar-refractivity contribution in [2.45, 2.75) is 17.1 Å². The number of amides is 1. The Morgan fingerprint density at radius 2 is 1.91 bits per heavy atom. The first-order valence-corrected chi connectivity index (χ1v) is 7.83. The van der Waals surface area contributed by atoms with Crippen molar-refractivity contribution in [3.05, 3.63) is 54.1 Å². The van der Waals surface area contributed by atoms with Gasteiger partial charge in [0.1, 0.15) is 5.75 Å². The van der Waals surface area contributed by atoms with Gasteiger partial charge in [-0.05, 0) is 31.2 Å². The zero-order valence-corrected chi connectivity index (χ0v) is 13.6. The average Bonchev–Trinajstić information content (AvgIpc) is 2.55. The number of hydrogen-bond donors (Lipinski definition) is 2. The molecule has 6 heteroatoms. The molecule has 2 rings (SSSR count). The van der Waals surface area contributed by atoms with E-state index in [1.807, 2.05) is 0 Å². The molecule has 0 bridgehead atoms. The monoisotopic (exact) mass is 331 g/mol. The standard InChI is InChI=1S/C17H17NO4S/c1-11(23-15-9-4-3-8-14(15)17(20)21)16(19)18-12-6-5-7-13(10-12)22-2/h3-11H,1-2H3,(H,18,19)(H,20,21). The Bertz CT molecular complexity index is 717. The summed E-state index contributed by atoms with van der Waals surface area (Å²) in [6, 6.07) is 13.7. The van der Waals surface area contributed by atoms with Gasteiger partial charge < -0.3 is 15.2 Å². The second-order valence-corrected chi connectivity index (χ2v) is 6.17. The lowest BCUT2D eigenvalue weighted by molar-refractivity contribution is -0.115. The molecule has 0 saturated carbocycles. The lowest BCUT2D eigenvalue weighted by Crippen LogP contribution is -2.22. The largest absolute Gasteiger partial charge is 0.497 e. The van der Waals surface area contributed by atoms with Gasteiger partial charge in [-0.1, -0.05) is 18.2 Å². The maximum absolute atomic E-state index is 12.3. The summed E-state index contributed by atoms with van der Waals surface area (Å²) >= 11 is 1.21. The Hall–Kier alpha value is -2.47. The first kappa shape index (κ1) is 16.9. The number of carbonyl (C=O) groups excluding carboxylic acids is 1. The summed E-state index contributed by atoms with van der Waals surface area (Å²) in [7, 11) is 1.56. The van der Waals surface area contributed by atoms with Crippen molar-refractivity contribution >= 4 is 29.3 Å². The molecule has 1 amide bonds. The normalized spacial score (nSPS) is 11.6. The fourth-order valence-corrected chi connectivity index (χ4v) is 2.92. The zero-order valence-electron chi connectivity index (χ0n) is 12.8. The number of nitrogens with one attached hydrogen (secondary N) is 1. The number of anilines is 1. The first-order valence-electron chi connectivity index (χ1n) is 6.95. The van der Waals surface area contributed by atoms with Gasteiger partial charge in [-0.25, -0.2) is 4.79 Å². The molecule has 2 N–H and O–H groups in total. The SMILES string of the molecule is COc1cccc(NC(=O)C(C)Sc2ccccc2C(=O)O)c1. The quantitative estimate of drug-likeness (QED) is 0.792. The van der Waals surface area contributed by atoms with Crippen LogP contribution in [0.4, 0.5) is 5.69 Å². The van der Waals surface area contributed by atoms with Gasteiger partial charge in [-0.15, -0.1) is 11.8 Å². The minimum atomic E-state index is -1.01. The summed E-state index contributed by atoms with van der Waals surface area (Å²) in [4.78, 5) is 24.0. The van der Waals surface area contributed by atoms with E-state index in [2.05, 4.69) is 5.32 Å². The van der Waals surface area contributed by atoms with Crippen molar-refractivity contribution in [2.75, 3.05) is 12.4 Å². The maximum Gasteiger partial charge on any atom is 0.336 e. The predicted octanol–water partition coefficient (Wildman–Crippen LogP) is 3.51. The van der Waals surface area contributed by atoms with Crippen LogP contribution in [0.5, 0.6) is 5.75 Å². The van der Waals surface area contributed by atoms with Crippen LogP contribution in [-0.4, -0.2) is 29.3 Å². The van der Waals surface area contributed by atoms with Crippen LogP contribution in [0, 0.1) is 0 Å². The van der Waals surface area contributed by atoms with Crippen LogP contribution in [0.15, 0.2) is 53.4 Å². The molecule has 120 valence electrons. The molecule has 5 nitrogen and oxygen atoms in total. The summed E-state index contributed by atoms with van der Waals surface area (Å²) in [6.07, 6.45) is 0. The van der Waals surface area contributed by atoms with Gasteiger partial charge in [0.25, 0.3) is 0 Å². The van der Waals surface area contributed by atoms with Gasteiger partial charge in [-0.3, -0.25) is 4.79 Å². The van der Waals surface area contributed by atoms with E-state index in [-0.39, 0.29) is 11.5 Å². The van der Waals surface area contributed by atoms with Crippen LogP contribution < -0.4 is 10.1 Å². The molecule has 2 aromatic rings. The second-order valence-electron chi connectivity index (χ2n) is 4.78. The van der Waals surface area contributed by atoms with E-state index >= 15 is 0 Å². The molecule has 0 aliphatic heterocycles. The molecule has 0 heterocycles.